The minimum absolute atomic E-state index is 0.131. The van der Waals surface area contributed by atoms with E-state index in [1.807, 2.05) is 25.1 Å². The maximum absolute atomic E-state index is 11.6. The number of carboxylic acids is 1. The molecule has 0 aliphatic carbocycles. The minimum atomic E-state index is -1.04. The second-order valence-electron chi connectivity index (χ2n) is 10.8. The number of rotatable bonds is 7. The van der Waals surface area contributed by atoms with E-state index in [-0.39, 0.29) is 11.7 Å². The van der Waals surface area contributed by atoms with Gasteiger partial charge in [-0.1, -0.05) is 29.3 Å². The number of carbonyl (C=O) groups is 1. The number of nitrogens with zero attached hydrogens (tertiary/aromatic N) is 4. The Hall–Kier alpha value is -4.08. The normalized spacial score (nSPS) is 21.6. The number of hydrogen-bond donors (Lipinski definition) is 1. The quantitative estimate of drug-likeness (QED) is 0.286. The van der Waals surface area contributed by atoms with Crippen LogP contribution < -0.4 is 14.4 Å². The average Bonchev–Trinajstić information content (AvgIpc) is 3.47. The topological polar surface area (TPSA) is 98.9 Å². The van der Waals surface area contributed by atoms with E-state index in [0.29, 0.717) is 35.2 Å². The molecule has 4 aromatic rings. The van der Waals surface area contributed by atoms with Crippen molar-refractivity contribution in [2.24, 2.45) is 0 Å². The summed E-state index contributed by atoms with van der Waals surface area (Å²) in [7, 11) is 0. The Morgan fingerprint density at radius 2 is 2.07 bits per heavy atom. The van der Waals surface area contributed by atoms with Crippen LogP contribution in [-0.2, 0) is 23.5 Å². The van der Waals surface area contributed by atoms with Crippen LogP contribution in [0.2, 0.25) is 5.02 Å². The van der Waals surface area contributed by atoms with Gasteiger partial charge in [0.1, 0.15) is 11.5 Å². The molecule has 0 saturated carbocycles. The largest absolute Gasteiger partial charge is 0.478 e. The minimum Gasteiger partial charge on any atom is -0.478 e. The molecular weight excluding hydrogens is 544 g/mol. The molecule has 210 valence electrons. The highest BCUT2D eigenvalue weighted by Crippen LogP contribution is 2.49. The van der Waals surface area contributed by atoms with Crippen LogP contribution in [0.1, 0.15) is 41.6 Å². The van der Waals surface area contributed by atoms with Crippen LogP contribution in [0.25, 0.3) is 11.0 Å². The first-order valence-corrected chi connectivity index (χ1v) is 14.1. The number of benzene rings is 2. The van der Waals surface area contributed by atoms with E-state index in [1.54, 1.807) is 30.5 Å². The molecule has 41 heavy (non-hydrogen) atoms. The Labute approximate surface area is 241 Å². The van der Waals surface area contributed by atoms with Gasteiger partial charge in [0.05, 0.1) is 40.0 Å². The van der Waals surface area contributed by atoms with Gasteiger partial charge in [-0.15, -0.1) is 0 Å². The zero-order valence-corrected chi connectivity index (χ0v) is 23.3. The Morgan fingerprint density at radius 1 is 1.20 bits per heavy atom. The maximum Gasteiger partial charge on any atom is 0.335 e. The number of pyridine rings is 1. The molecule has 2 aromatic carbocycles. The van der Waals surface area contributed by atoms with Crippen LogP contribution in [0.5, 0.6) is 11.5 Å². The molecule has 9 nitrogen and oxygen atoms in total. The van der Waals surface area contributed by atoms with Gasteiger partial charge in [-0.05, 0) is 55.3 Å². The zero-order valence-electron chi connectivity index (χ0n) is 22.5. The van der Waals surface area contributed by atoms with E-state index in [0.717, 1.165) is 55.1 Å². The third-order valence-corrected chi connectivity index (χ3v) is 8.26. The number of imidazole rings is 1. The van der Waals surface area contributed by atoms with Crippen molar-refractivity contribution in [3.05, 3.63) is 88.5 Å². The van der Waals surface area contributed by atoms with Crippen molar-refractivity contribution in [1.82, 2.24) is 14.5 Å². The second kappa shape index (κ2) is 10.1. The van der Waals surface area contributed by atoms with Crippen LogP contribution in [0, 0.1) is 0 Å². The molecule has 2 aromatic heterocycles. The van der Waals surface area contributed by atoms with Gasteiger partial charge in [0.2, 0.25) is 0 Å². The van der Waals surface area contributed by atoms with E-state index in [1.165, 1.54) is 5.57 Å². The SMILES string of the molecule is C[C@@]1(c2ccc(Cl)cn2)Oc2cccc(N3CC=C(Cc4nc5ccc(C(=O)O)cc5n4C[C@@H]4CCO4)CC3)c2O1. The molecule has 0 unspecified atom stereocenters. The Kier molecular flexibility index (Phi) is 6.36. The number of halogens is 1. The number of para-hydroxylation sites is 1. The van der Waals surface area contributed by atoms with E-state index in [4.69, 9.17) is 30.8 Å². The summed E-state index contributed by atoms with van der Waals surface area (Å²) in [5, 5.41) is 10.1. The van der Waals surface area contributed by atoms with Crippen molar-refractivity contribution in [2.75, 3.05) is 24.6 Å². The molecular formula is C31H29ClN4O5. The number of anilines is 1. The molecule has 7 rings (SSSR count). The number of carboxylic acid groups (broad SMARTS) is 1. The summed E-state index contributed by atoms with van der Waals surface area (Å²) >= 11 is 6.03. The van der Waals surface area contributed by atoms with Crippen LogP contribution in [-0.4, -0.2) is 51.4 Å². The maximum atomic E-state index is 11.6. The van der Waals surface area contributed by atoms with Gasteiger partial charge in [-0.25, -0.2) is 9.78 Å². The number of ether oxygens (including phenoxy) is 3. The number of aromatic carboxylic acids is 1. The lowest BCUT2D eigenvalue weighted by molar-refractivity contribution is -0.0715. The number of aromatic nitrogens is 3. The van der Waals surface area contributed by atoms with E-state index < -0.39 is 11.8 Å². The highest BCUT2D eigenvalue weighted by atomic mass is 35.5. The molecule has 1 fully saturated rings. The van der Waals surface area contributed by atoms with Gasteiger partial charge in [0.25, 0.3) is 5.79 Å². The predicted molar refractivity (Wildman–Crippen MR) is 154 cm³/mol. The van der Waals surface area contributed by atoms with Crippen LogP contribution in [0.4, 0.5) is 5.69 Å². The van der Waals surface area contributed by atoms with Crippen molar-refractivity contribution < 1.29 is 24.1 Å². The van der Waals surface area contributed by atoms with E-state index in [9.17, 15) is 9.90 Å². The monoisotopic (exact) mass is 572 g/mol. The Bertz CT molecular complexity index is 1680. The van der Waals surface area contributed by atoms with Crippen molar-refractivity contribution >= 4 is 34.3 Å². The predicted octanol–water partition coefficient (Wildman–Crippen LogP) is 5.60. The van der Waals surface area contributed by atoms with Gasteiger partial charge in [-0.3, -0.25) is 4.98 Å². The lowest BCUT2D eigenvalue weighted by atomic mass is 10.0. The van der Waals surface area contributed by atoms with E-state index >= 15 is 0 Å². The van der Waals surface area contributed by atoms with Gasteiger partial charge >= 0.3 is 5.97 Å². The fraction of sp³-hybridized carbons (Fsp3) is 0.323. The van der Waals surface area contributed by atoms with Crippen LogP contribution >= 0.6 is 11.6 Å². The van der Waals surface area contributed by atoms with Crippen LogP contribution in [0.15, 0.2) is 66.4 Å². The van der Waals surface area contributed by atoms with Crippen molar-refractivity contribution in [2.45, 2.75) is 44.6 Å². The lowest BCUT2D eigenvalue weighted by Crippen LogP contribution is -2.33. The van der Waals surface area contributed by atoms with Crippen LogP contribution in [0.3, 0.4) is 0 Å². The summed E-state index contributed by atoms with van der Waals surface area (Å²) in [4.78, 5) is 23.2. The second-order valence-corrected chi connectivity index (χ2v) is 11.2. The van der Waals surface area contributed by atoms with Gasteiger partial charge in [-0.2, -0.15) is 0 Å². The summed E-state index contributed by atoms with van der Waals surface area (Å²) in [6, 6.07) is 14.7. The third kappa shape index (κ3) is 4.79. The standard InChI is InChI=1S/C31H29ClN4O5/c1-31(27-8-6-21(32)17-33-27)40-26-4-2-3-24(29(26)41-31)35-12-9-19(10-13-35)15-28-34-23-7-5-20(30(37)38)16-25(23)36(28)18-22-11-14-39-22/h2-9,16-17,22H,10-15,18H2,1H3,(H,37,38)/t22-,31+/m0/s1. The number of hydrogen-bond acceptors (Lipinski definition) is 7. The molecule has 10 heteroatoms. The van der Waals surface area contributed by atoms with E-state index in [2.05, 4.69) is 26.6 Å². The summed E-state index contributed by atoms with van der Waals surface area (Å²) in [5.41, 5.74) is 4.82. The van der Waals surface area contributed by atoms with Crippen molar-refractivity contribution in [3.8, 4) is 11.5 Å². The zero-order chi connectivity index (χ0) is 28.1. The average molecular weight is 573 g/mol. The molecule has 0 bridgehead atoms. The third-order valence-electron chi connectivity index (χ3n) is 8.04. The highest BCUT2D eigenvalue weighted by molar-refractivity contribution is 6.30. The molecule has 1 N–H and O–H groups in total. The molecule has 0 amide bonds. The Balaban J connectivity index is 1.11. The van der Waals surface area contributed by atoms with Gasteiger partial charge in [0.15, 0.2) is 11.5 Å². The molecule has 0 radical (unpaired) electrons. The first kappa shape index (κ1) is 25.9. The molecule has 5 heterocycles. The van der Waals surface area contributed by atoms with Gasteiger partial charge in [0, 0.05) is 39.2 Å². The molecule has 0 spiro atoms. The number of fused-ring (bicyclic) bond motifs is 2. The Morgan fingerprint density at radius 3 is 2.78 bits per heavy atom. The fourth-order valence-electron chi connectivity index (χ4n) is 5.68. The molecule has 3 aliphatic rings. The summed E-state index contributed by atoms with van der Waals surface area (Å²) < 4.78 is 20.5. The van der Waals surface area contributed by atoms with Gasteiger partial charge < -0.3 is 28.8 Å². The fourth-order valence-corrected chi connectivity index (χ4v) is 5.79. The first-order valence-electron chi connectivity index (χ1n) is 13.8. The molecule has 2 atom stereocenters. The lowest BCUT2D eigenvalue weighted by Gasteiger charge is -2.30. The summed E-state index contributed by atoms with van der Waals surface area (Å²) in [6.45, 7) is 4.84. The first-order chi connectivity index (χ1) is 19.9. The summed E-state index contributed by atoms with van der Waals surface area (Å²) in [6.07, 6.45) is 6.54. The highest BCUT2D eigenvalue weighted by Gasteiger charge is 2.42. The van der Waals surface area contributed by atoms with Crippen molar-refractivity contribution in [3.63, 3.8) is 0 Å². The van der Waals surface area contributed by atoms with Crippen molar-refractivity contribution in [1.29, 1.82) is 0 Å². The summed E-state index contributed by atoms with van der Waals surface area (Å²) in [5.74, 6) is 0.345. The molecule has 3 aliphatic heterocycles. The smallest absolute Gasteiger partial charge is 0.335 e. The molecule has 1 saturated heterocycles.